The predicted molar refractivity (Wildman–Crippen MR) is 91.0 cm³/mol. The lowest BCUT2D eigenvalue weighted by Crippen LogP contribution is -2.42. The molecule has 23 heavy (non-hydrogen) atoms. The van der Waals surface area contributed by atoms with Gasteiger partial charge in [-0.2, -0.15) is 0 Å². The van der Waals surface area contributed by atoms with Gasteiger partial charge < -0.3 is 9.80 Å². The Morgan fingerprint density at radius 3 is 2.22 bits per heavy atom. The van der Waals surface area contributed by atoms with Gasteiger partial charge in [0.2, 0.25) is 0 Å². The van der Waals surface area contributed by atoms with Gasteiger partial charge in [-0.05, 0) is 52.7 Å². The van der Waals surface area contributed by atoms with E-state index in [4.69, 9.17) is 0 Å². The van der Waals surface area contributed by atoms with Crippen molar-refractivity contribution in [3.05, 3.63) is 33.9 Å². The molecule has 1 saturated heterocycles. The van der Waals surface area contributed by atoms with Gasteiger partial charge >= 0.3 is 0 Å². The van der Waals surface area contributed by atoms with Crippen LogP contribution in [0.4, 0.5) is 11.4 Å². The minimum Gasteiger partial charge on any atom is -0.366 e. The highest BCUT2D eigenvalue weighted by Gasteiger charge is 2.27. The molecule has 2 rings (SSSR count). The molecule has 1 aliphatic rings. The molecule has 1 aromatic carbocycles. The summed E-state index contributed by atoms with van der Waals surface area (Å²) in [6.07, 6.45) is 2.10. The van der Waals surface area contributed by atoms with Crippen molar-refractivity contribution in [1.82, 2.24) is 4.90 Å². The summed E-state index contributed by atoms with van der Waals surface area (Å²) in [6.45, 7) is 9.46. The van der Waals surface area contributed by atoms with E-state index in [0.717, 1.165) is 25.9 Å². The van der Waals surface area contributed by atoms with Crippen LogP contribution < -0.4 is 4.90 Å². The van der Waals surface area contributed by atoms with E-state index in [1.165, 1.54) is 6.07 Å². The zero-order valence-corrected chi connectivity index (χ0v) is 14.3. The monoisotopic (exact) mass is 319 g/mol. The van der Waals surface area contributed by atoms with Crippen molar-refractivity contribution in [2.45, 2.75) is 52.6 Å². The van der Waals surface area contributed by atoms with Crippen LogP contribution >= 0.6 is 0 Å². The molecular formula is C17H25N3O3. The summed E-state index contributed by atoms with van der Waals surface area (Å²) >= 11 is 0. The van der Waals surface area contributed by atoms with E-state index in [1.807, 2.05) is 32.6 Å². The lowest BCUT2D eigenvalue weighted by molar-refractivity contribution is -0.384. The number of rotatable bonds is 5. The molecule has 6 heteroatoms. The molecular weight excluding hydrogens is 294 g/mol. The zero-order chi connectivity index (χ0) is 17.1. The molecule has 126 valence electrons. The third kappa shape index (κ3) is 3.63. The molecule has 1 amide bonds. The maximum absolute atomic E-state index is 12.7. The van der Waals surface area contributed by atoms with Crippen LogP contribution in [0.3, 0.4) is 0 Å². The number of amides is 1. The second kappa shape index (κ2) is 6.98. The van der Waals surface area contributed by atoms with Crippen LogP contribution in [0.2, 0.25) is 0 Å². The van der Waals surface area contributed by atoms with Crippen LogP contribution in [-0.2, 0) is 0 Å². The summed E-state index contributed by atoms with van der Waals surface area (Å²) in [6, 6.07) is 4.93. The molecule has 0 bridgehead atoms. The molecule has 0 N–H and O–H groups in total. The molecule has 1 aliphatic heterocycles. The van der Waals surface area contributed by atoms with Gasteiger partial charge in [0, 0.05) is 36.8 Å². The highest BCUT2D eigenvalue weighted by molar-refractivity contribution is 5.96. The summed E-state index contributed by atoms with van der Waals surface area (Å²) < 4.78 is 0. The molecule has 6 nitrogen and oxygen atoms in total. The average molecular weight is 319 g/mol. The summed E-state index contributed by atoms with van der Waals surface area (Å²) in [4.78, 5) is 27.5. The smallest absolute Gasteiger partial charge is 0.293 e. The summed E-state index contributed by atoms with van der Waals surface area (Å²) in [7, 11) is 0. The lowest BCUT2D eigenvalue weighted by atomic mass is 10.1. The number of nitro benzene ring substituents is 1. The Morgan fingerprint density at radius 2 is 1.74 bits per heavy atom. The maximum atomic E-state index is 12.7. The largest absolute Gasteiger partial charge is 0.366 e. The fourth-order valence-electron chi connectivity index (χ4n) is 3.24. The van der Waals surface area contributed by atoms with E-state index in [9.17, 15) is 14.9 Å². The predicted octanol–water partition coefficient (Wildman–Crippen LogP) is 3.45. The van der Waals surface area contributed by atoms with Gasteiger partial charge in [0.15, 0.2) is 0 Å². The third-order valence-electron chi connectivity index (χ3n) is 4.21. The molecule has 0 atom stereocenters. The Balaban J connectivity index is 2.39. The van der Waals surface area contributed by atoms with Crippen molar-refractivity contribution >= 4 is 17.3 Å². The summed E-state index contributed by atoms with van der Waals surface area (Å²) in [5.41, 5.74) is 1.01. The lowest BCUT2D eigenvalue weighted by Gasteiger charge is -2.31. The van der Waals surface area contributed by atoms with E-state index in [1.54, 1.807) is 17.0 Å². The first kappa shape index (κ1) is 17.2. The van der Waals surface area contributed by atoms with Gasteiger partial charge in [0.25, 0.3) is 11.6 Å². The molecule has 0 radical (unpaired) electrons. The van der Waals surface area contributed by atoms with Crippen LogP contribution in [0.25, 0.3) is 0 Å². The van der Waals surface area contributed by atoms with Crippen LogP contribution in [0.5, 0.6) is 0 Å². The standard InChI is InChI=1S/C17H25N3O3/c1-12(2)19(13(3)4)17(21)14-7-8-15(16(11-14)20(22)23)18-9-5-6-10-18/h7-8,11-13H,5-6,9-10H2,1-4H3. The number of anilines is 1. The van der Waals surface area contributed by atoms with Gasteiger partial charge in [-0.3, -0.25) is 14.9 Å². The summed E-state index contributed by atoms with van der Waals surface area (Å²) in [5, 5.41) is 11.4. The highest BCUT2D eigenvalue weighted by atomic mass is 16.6. The number of benzene rings is 1. The fraction of sp³-hybridized carbons (Fsp3) is 0.588. The van der Waals surface area contributed by atoms with Crippen LogP contribution in [-0.4, -0.2) is 40.9 Å². The Kier molecular flexibility index (Phi) is 5.23. The van der Waals surface area contributed by atoms with Crippen molar-refractivity contribution < 1.29 is 9.72 Å². The maximum Gasteiger partial charge on any atom is 0.293 e. The van der Waals surface area contributed by atoms with E-state index in [-0.39, 0.29) is 28.6 Å². The highest BCUT2D eigenvalue weighted by Crippen LogP contribution is 2.32. The van der Waals surface area contributed by atoms with Crippen molar-refractivity contribution in [3.63, 3.8) is 0 Å². The molecule has 1 fully saturated rings. The Hall–Kier alpha value is -2.11. The van der Waals surface area contributed by atoms with E-state index < -0.39 is 0 Å². The zero-order valence-electron chi connectivity index (χ0n) is 14.3. The van der Waals surface area contributed by atoms with Gasteiger partial charge in [0.05, 0.1) is 4.92 Å². The topological polar surface area (TPSA) is 66.7 Å². The SMILES string of the molecule is CC(C)N(C(=O)c1ccc(N2CCCC2)c([N+](=O)[O-])c1)C(C)C. The van der Waals surface area contributed by atoms with Crippen molar-refractivity contribution in [2.24, 2.45) is 0 Å². The molecule has 0 aromatic heterocycles. The molecule has 1 heterocycles. The Bertz CT molecular complexity index is 585. The van der Waals surface area contributed by atoms with Crippen molar-refractivity contribution in [3.8, 4) is 0 Å². The summed E-state index contributed by atoms with van der Waals surface area (Å²) in [5.74, 6) is -0.161. The minimum atomic E-state index is -0.389. The molecule has 0 spiro atoms. The molecule has 0 aliphatic carbocycles. The number of carbonyl (C=O) groups is 1. The van der Waals surface area contributed by atoms with Gasteiger partial charge in [-0.25, -0.2) is 0 Å². The van der Waals surface area contributed by atoms with Crippen molar-refractivity contribution in [1.29, 1.82) is 0 Å². The van der Waals surface area contributed by atoms with Crippen LogP contribution in [0, 0.1) is 10.1 Å². The minimum absolute atomic E-state index is 0.0187. The number of nitrogens with zero attached hydrogens (tertiary/aromatic N) is 3. The third-order valence-corrected chi connectivity index (χ3v) is 4.21. The second-order valence-corrected chi connectivity index (χ2v) is 6.55. The number of hydrogen-bond acceptors (Lipinski definition) is 4. The molecule has 0 saturated carbocycles. The van der Waals surface area contributed by atoms with Crippen LogP contribution in [0.15, 0.2) is 18.2 Å². The number of nitro groups is 1. The van der Waals surface area contributed by atoms with E-state index >= 15 is 0 Å². The average Bonchev–Trinajstić information content (AvgIpc) is 2.99. The van der Waals surface area contributed by atoms with Crippen LogP contribution in [0.1, 0.15) is 50.9 Å². The first-order valence-corrected chi connectivity index (χ1v) is 8.19. The Labute approximate surface area is 137 Å². The second-order valence-electron chi connectivity index (χ2n) is 6.55. The number of hydrogen-bond donors (Lipinski definition) is 0. The van der Waals surface area contributed by atoms with Crippen molar-refractivity contribution in [2.75, 3.05) is 18.0 Å². The van der Waals surface area contributed by atoms with Gasteiger partial charge in [-0.15, -0.1) is 0 Å². The van der Waals surface area contributed by atoms with E-state index in [2.05, 4.69) is 0 Å². The number of carbonyl (C=O) groups excluding carboxylic acids is 1. The first-order valence-electron chi connectivity index (χ1n) is 8.19. The molecule has 0 unspecified atom stereocenters. The normalized spacial score (nSPS) is 14.6. The fourth-order valence-corrected chi connectivity index (χ4v) is 3.24. The molecule has 1 aromatic rings. The van der Waals surface area contributed by atoms with Gasteiger partial charge in [0.1, 0.15) is 5.69 Å². The van der Waals surface area contributed by atoms with Gasteiger partial charge in [-0.1, -0.05) is 0 Å². The Morgan fingerprint density at radius 1 is 1.17 bits per heavy atom. The first-order chi connectivity index (χ1) is 10.8. The quantitative estimate of drug-likeness (QED) is 0.616. The van der Waals surface area contributed by atoms with E-state index in [0.29, 0.717) is 11.3 Å².